The monoisotopic (exact) mass is 200 g/mol. The molecule has 0 aromatic rings. The Bertz CT molecular complexity index is 164. The van der Waals surface area contributed by atoms with Crippen molar-refractivity contribution in [1.29, 1.82) is 0 Å². The quantitative estimate of drug-likeness (QED) is 0.372. The zero-order chi connectivity index (χ0) is 10.6. The predicted molar refractivity (Wildman–Crippen MR) is 56.1 cm³/mol. The first-order chi connectivity index (χ1) is 6.81. The summed E-state index contributed by atoms with van der Waals surface area (Å²) in [4.78, 5) is 11.0. The molecule has 0 bridgehead atoms. The third-order valence-electron chi connectivity index (χ3n) is 1.93. The molecule has 0 aromatic heterocycles. The number of rotatable bonds is 8. The highest BCUT2D eigenvalue weighted by atomic mass is 16.5. The molecule has 0 spiro atoms. The minimum atomic E-state index is -0.181. The molecule has 0 saturated heterocycles. The number of ether oxygens (including phenoxy) is 1. The van der Waals surface area contributed by atoms with Crippen LogP contribution in [-0.4, -0.2) is 17.7 Å². The SMILES string of the molecule is CCCCCCCC(=O)OCC=CO. The normalized spacial score (nSPS) is 10.6. The Kier molecular flexibility index (Phi) is 9.38. The highest BCUT2D eigenvalue weighted by Gasteiger charge is 2.00. The summed E-state index contributed by atoms with van der Waals surface area (Å²) < 4.78 is 4.80. The lowest BCUT2D eigenvalue weighted by Gasteiger charge is -2.01. The van der Waals surface area contributed by atoms with Crippen LogP contribution in [0.5, 0.6) is 0 Å². The van der Waals surface area contributed by atoms with Gasteiger partial charge in [0.25, 0.3) is 0 Å². The second-order valence-electron chi connectivity index (χ2n) is 3.23. The first-order valence-electron chi connectivity index (χ1n) is 5.26. The third kappa shape index (κ3) is 9.10. The minimum absolute atomic E-state index is 0.171. The van der Waals surface area contributed by atoms with E-state index in [0.29, 0.717) is 6.42 Å². The maximum absolute atomic E-state index is 11.0. The summed E-state index contributed by atoms with van der Waals surface area (Å²) in [6.45, 7) is 2.33. The van der Waals surface area contributed by atoms with Crippen molar-refractivity contribution in [3.05, 3.63) is 12.3 Å². The van der Waals surface area contributed by atoms with Crippen LogP contribution in [0.4, 0.5) is 0 Å². The summed E-state index contributed by atoms with van der Waals surface area (Å²) in [6.07, 6.45) is 8.42. The summed E-state index contributed by atoms with van der Waals surface area (Å²) in [5, 5.41) is 8.28. The van der Waals surface area contributed by atoms with Crippen LogP contribution in [0.2, 0.25) is 0 Å². The number of carbonyl (C=O) groups excluding carboxylic acids is 1. The molecule has 82 valence electrons. The molecule has 3 heteroatoms. The molecular formula is C11H20O3. The van der Waals surface area contributed by atoms with Crippen molar-refractivity contribution in [2.24, 2.45) is 0 Å². The van der Waals surface area contributed by atoms with Crippen molar-refractivity contribution < 1.29 is 14.6 Å². The van der Waals surface area contributed by atoms with Crippen LogP contribution in [0.25, 0.3) is 0 Å². The average Bonchev–Trinajstić information content (AvgIpc) is 2.18. The average molecular weight is 200 g/mol. The largest absolute Gasteiger partial charge is 0.516 e. The number of esters is 1. The van der Waals surface area contributed by atoms with Gasteiger partial charge in [-0.1, -0.05) is 32.6 Å². The molecule has 0 heterocycles. The molecule has 14 heavy (non-hydrogen) atoms. The molecule has 0 aliphatic carbocycles. The summed E-state index contributed by atoms with van der Waals surface area (Å²) in [5.74, 6) is -0.181. The Morgan fingerprint density at radius 3 is 2.64 bits per heavy atom. The van der Waals surface area contributed by atoms with Crippen LogP contribution in [0.1, 0.15) is 45.4 Å². The first kappa shape index (κ1) is 13.0. The summed E-state index contributed by atoms with van der Waals surface area (Å²) >= 11 is 0. The maximum Gasteiger partial charge on any atom is 0.306 e. The van der Waals surface area contributed by atoms with Gasteiger partial charge in [-0.3, -0.25) is 4.79 Å². The van der Waals surface area contributed by atoms with Crippen molar-refractivity contribution in [3.63, 3.8) is 0 Å². The molecule has 0 aliphatic heterocycles. The Labute approximate surface area is 85.8 Å². The first-order valence-corrected chi connectivity index (χ1v) is 5.26. The molecule has 1 N–H and O–H groups in total. The molecule has 0 saturated carbocycles. The minimum Gasteiger partial charge on any atom is -0.516 e. The highest BCUT2D eigenvalue weighted by Crippen LogP contribution is 2.05. The van der Waals surface area contributed by atoms with Gasteiger partial charge in [-0.25, -0.2) is 0 Å². The number of aliphatic hydroxyl groups excluding tert-OH is 1. The van der Waals surface area contributed by atoms with Crippen LogP contribution < -0.4 is 0 Å². The molecule has 0 fully saturated rings. The topological polar surface area (TPSA) is 46.5 Å². The van der Waals surface area contributed by atoms with E-state index in [0.717, 1.165) is 19.1 Å². The number of hydrogen-bond donors (Lipinski definition) is 1. The van der Waals surface area contributed by atoms with Gasteiger partial charge in [0.2, 0.25) is 0 Å². The van der Waals surface area contributed by atoms with E-state index >= 15 is 0 Å². The molecular weight excluding hydrogens is 180 g/mol. The summed E-state index contributed by atoms with van der Waals surface area (Å²) in [5.41, 5.74) is 0. The van der Waals surface area contributed by atoms with Crippen LogP contribution in [0, 0.1) is 0 Å². The maximum atomic E-state index is 11.0. The van der Waals surface area contributed by atoms with Crippen LogP contribution in [-0.2, 0) is 9.53 Å². The fraction of sp³-hybridized carbons (Fsp3) is 0.727. The second kappa shape index (κ2) is 10.1. The fourth-order valence-corrected chi connectivity index (χ4v) is 1.13. The lowest BCUT2D eigenvalue weighted by molar-refractivity contribution is -0.142. The Morgan fingerprint density at radius 1 is 1.29 bits per heavy atom. The van der Waals surface area contributed by atoms with Crippen molar-refractivity contribution in [2.45, 2.75) is 45.4 Å². The zero-order valence-corrected chi connectivity index (χ0v) is 8.87. The highest BCUT2D eigenvalue weighted by molar-refractivity contribution is 5.69. The Morgan fingerprint density at radius 2 is 2.00 bits per heavy atom. The molecule has 0 aliphatic rings. The van der Waals surface area contributed by atoms with Gasteiger partial charge in [-0.2, -0.15) is 0 Å². The Balaban J connectivity index is 3.18. The second-order valence-corrected chi connectivity index (χ2v) is 3.23. The van der Waals surface area contributed by atoms with Crippen molar-refractivity contribution in [2.75, 3.05) is 6.61 Å². The molecule has 0 rings (SSSR count). The summed E-state index contributed by atoms with van der Waals surface area (Å²) in [6, 6.07) is 0. The van der Waals surface area contributed by atoms with Crippen LogP contribution in [0.15, 0.2) is 12.3 Å². The Hall–Kier alpha value is -0.990. The lowest BCUT2D eigenvalue weighted by Crippen LogP contribution is -2.03. The van der Waals surface area contributed by atoms with Gasteiger partial charge in [-0.15, -0.1) is 0 Å². The molecule has 0 atom stereocenters. The van der Waals surface area contributed by atoms with Gasteiger partial charge in [0.1, 0.15) is 6.61 Å². The fourth-order valence-electron chi connectivity index (χ4n) is 1.13. The smallest absolute Gasteiger partial charge is 0.306 e. The zero-order valence-electron chi connectivity index (χ0n) is 8.87. The number of hydrogen-bond acceptors (Lipinski definition) is 3. The van der Waals surface area contributed by atoms with E-state index in [9.17, 15) is 4.79 Å². The van der Waals surface area contributed by atoms with Gasteiger partial charge in [0.15, 0.2) is 0 Å². The molecule has 0 aromatic carbocycles. The molecule has 0 amide bonds. The van der Waals surface area contributed by atoms with E-state index in [4.69, 9.17) is 9.84 Å². The van der Waals surface area contributed by atoms with E-state index < -0.39 is 0 Å². The van der Waals surface area contributed by atoms with E-state index in [2.05, 4.69) is 6.92 Å². The molecule has 0 unspecified atom stereocenters. The van der Waals surface area contributed by atoms with Gasteiger partial charge < -0.3 is 9.84 Å². The van der Waals surface area contributed by atoms with E-state index in [1.807, 2.05) is 0 Å². The van der Waals surface area contributed by atoms with E-state index in [1.54, 1.807) is 0 Å². The van der Waals surface area contributed by atoms with Crippen LogP contribution >= 0.6 is 0 Å². The van der Waals surface area contributed by atoms with Gasteiger partial charge in [0.05, 0.1) is 6.26 Å². The van der Waals surface area contributed by atoms with Gasteiger partial charge in [0, 0.05) is 6.42 Å². The standard InChI is InChI=1S/C11H20O3/c1-2-3-4-5-6-8-11(13)14-10-7-9-12/h7,9,12H,2-6,8,10H2,1H3. The number of aliphatic hydroxyl groups is 1. The number of carbonyl (C=O) groups is 1. The molecule has 3 nitrogen and oxygen atoms in total. The van der Waals surface area contributed by atoms with E-state index in [1.165, 1.54) is 25.3 Å². The van der Waals surface area contributed by atoms with Crippen molar-refractivity contribution in [3.8, 4) is 0 Å². The van der Waals surface area contributed by atoms with Gasteiger partial charge >= 0.3 is 5.97 Å². The van der Waals surface area contributed by atoms with E-state index in [-0.39, 0.29) is 12.6 Å². The lowest BCUT2D eigenvalue weighted by atomic mass is 10.1. The van der Waals surface area contributed by atoms with Crippen molar-refractivity contribution >= 4 is 5.97 Å². The third-order valence-corrected chi connectivity index (χ3v) is 1.93. The van der Waals surface area contributed by atoms with Gasteiger partial charge in [-0.05, 0) is 12.5 Å². The summed E-state index contributed by atoms with van der Waals surface area (Å²) in [7, 11) is 0. The number of unbranched alkanes of at least 4 members (excludes halogenated alkanes) is 4. The predicted octanol–water partition coefficient (Wildman–Crippen LogP) is 2.96. The molecule has 0 radical (unpaired) electrons. The van der Waals surface area contributed by atoms with Crippen molar-refractivity contribution in [1.82, 2.24) is 0 Å². The van der Waals surface area contributed by atoms with Crippen LogP contribution in [0.3, 0.4) is 0 Å².